The Morgan fingerprint density at radius 3 is 1.27 bits per heavy atom. The molecule has 0 aromatic carbocycles. The van der Waals surface area contributed by atoms with Crippen molar-refractivity contribution in [2.24, 2.45) is 0 Å². The van der Waals surface area contributed by atoms with Gasteiger partial charge in [0.1, 0.15) is 0 Å². The third-order valence-corrected chi connectivity index (χ3v) is 9.06. The van der Waals surface area contributed by atoms with Crippen molar-refractivity contribution < 1.29 is 9.59 Å². The van der Waals surface area contributed by atoms with E-state index in [1.165, 1.54) is 70.7 Å². The Bertz CT molecular complexity index is 1180. The van der Waals surface area contributed by atoms with Gasteiger partial charge in [-0.05, 0) is 138 Å². The summed E-state index contributed by atoms with van der Waals surface area (Å²) in [7, 11) is 0. The molecule has 0 saturated heterocycles. The number of nitrogens with one attached hydrogen (secondary N) is 4. The average molecular weight is 545 g/mol. The van der Waals surface area contributed by atoms with Gasteiger partial charge in [-0.1, -0.05) is 0 Å². The topological polar surface area (TPSA) is 108 Å². The maximum absolute atomic E-state index is 12.8. The quantitative estimate of drug-likeness (QED) is 0.321. The molecule has 40 heavy (non-hydrogen) atoms. The number of anilines is 2. The fourth-order valence-electron chi connectivity index (χ4n) is 7.07. The molecule has 214 valence electrons. The number of rotatable bonds is 11. The summed E-state index contributed by atoms with van der Waals surface area (Å²) in [5.74, 6) is 0.0697. The van der Waals surface area contributed by atoms with Crippen LogP contribution >= 0.6 is 0 Å². The van der Waals surface area contributed by atoms with E-state index in [1.807, 2.05) is 0 Å². The lowest BCUT2D eigenvalue weighted by molar-refractivity contribution is -0.116. The van der Waals surface area contributed by atoms with Crippen LogP contribution in [0.25, 0.3) is 0 Å². The van der Waals surface area contributed by atoms with Crippen LogP contribution in [0.2, 0.25) is 0 Å². The number of amides is 2. The summed E-state index contributed by atoms with van der Waals surface area (Å²) in [5, 5.41) is 13.1. The molecule has 0 atom stereocenters. The predicted molar refractivity (Wildman–Crippen MR) is 158 cm³/mol. The maximum Gasteiger partial charge on any atom is 0.238 e. The van der Waals surface area contributed by atoms with Crippen molar-refractivity contribution >= 4 is 23.2 Å². The van der Waals surface area contributed by atoms with E-state index in [9.17, 15) is 9.59 Å². The summed E-state index contributed by atoms with van der Waals surface area (Å²) in [5.41, 5.74) is 12.1. The minimum Gasteiger partial charge on any atom is -0.324 e. The smallest absolute Gasteiger partial charge is 0.238 e. The SMILES string of the molecule is O=C(CNCCCCNCC(=O)Nc1c2c(nc3c1CCC3)CCCC2)Nc1c2c(nc3c1CCC3)CCCC2. The number of carbonyl (C=O) groups excluding carboxylic acids is 2. The lowest BCUT2D eigenvalue weighted by Gasteiger charge is -2.22. The van der Waals surface area contributed by atoms with Crippen molar-refractivity contribution in [2.45, 2.75) is 103 Å². The van der Waals surface area contributed by atoms with Crippen molar-refractivity contribution in [3.8, 4) is 0 Å². The van der Waals surface area contributed by atoms with Crippen molar-refractivity contribution in [3.05, 3.63) is 45.0 Å². The highest BCUT2D eigenvalue weighted by Crippen LogP contribution is 2.37. The molecule has 4 aliphatic rings. The van der Waals surface area contributed by atoms with Gasteiger partial charge >= 0.3 is 0 Å². The second-order valence-electron chi connectivity index (χ2n) is 12.0. The number of hydrogen-bond donors (Lipinski definition) is 4. The maximum atomic E-state index is 12.8. The minimum absolute atomic E-state index is 0.0349. The van der Waals surface area contributed by atoms with Crippen LogP contribution in [0.15, 0.2) is 0 Å². The molecule has 0 radical (unpaired) electrons. The van der Waals surface area contributed by atoms with Crippen LogP contribution in [0.5, 0.6) is 0 Å². The number of pyridine rings is 2. The van der Waals surface area contributed by atoms with Crippen LogP contribution in [-0.2, 0) is 61.0 Å². The number of carbonyl (C=O) groups is 2. The summed E-state index contributed by atoms with van der Waals surface area (Å²) in [4.78, 5) is 35.4. The van der Waals surface area contributed by atoms with E-state index < -0.39 is 0 Å². The Morgan fingerprint density at radius 2 is 0.850 bits per heavy atom. The highest BCUT2D eigenvalue weighted by Gasteiger charge is 2.26. The van der Waals surface area contributed by atoms with E-state index >= 15 is 0 Å². The van der Waals surface area contributed by atoms with Gasteiger partial charge < -0.3 is 21.3 Å². The molecule has 2 aromatic rings. The van der Waals surface area contributed by atoms with Crippen LogP contribution in [-0.4, -0.2) is 48.0 Å². The van der Waals surface area contributed by atoms with Gasteiger partial charge in [-0.2, -0.15) is 0 Å². The summed E-state index contributed by atoms with van der Waals surface area (Å²) in [6.07, 6.45) is 17.2. The van der Waals surface area contributed by atoms with Gasteiger partial charge in [-0.3, -0.25) is 19.6 Å². The molecule has 6 rings (SSSR count). The van der Waals surface area contributed by atoms with Crippen molar-refractivity contribution in [2.75, 3.05) is 36.8 Å². The summed E-state index contributed by atoms with van der Waals surface area (Å²) >= 11 is 0. The van der Waals surface area contributed by atoms with Crippen LogP contribution in [0.1, 0.15) is 96.4 Å². The Kier molecular flexibility index (Phi) is 8.73. The second kappa shape index (κ2) is 12.8. The Hall–Kier alpha value is -2.84. The molecule has 0 fully saturated rings. The van der Waals surface area contributed by atoms with E-state index in [4.69, 9.17) is 9.97 Å². The molecule has 2 aromatic heterocycles. The molecule has 0 bridgehead atoms. The van der Waals surface area contributed by atoms with E-state index in [0.29, 0.717) is 13.1 Å². The largest absolute Gasteiger partial charge is 0.324 e. The van der Waals surface area contributed by atoms with E-state index in [1.54, 1.807) is 0 Å². The van der Waals surface area contributed by atoms with Crippen LogP contribution in [0.3, 0.4) is 0 Å². The third-order valence-electron chi connectivity index (χ3n) is 9.06. The van der Waals surface area contributed by atoms with Crippen LogP contribution < -0.4 is 21.3 Å². The summed E-state index contributed by atoms with van der Waals surface area (Å²) < 4.78 is 0. The molecule has 0 aliphatic heterocycles. The second-order valence-corrected chi connectivity index (χ2v) is 12.0. The molecular weight excluding hydrogens is 500 g/mol. The highest BCUT2D eigenvalue weighted by atomic mass is 16.2. The summed E-state index contributed by atoms with van der Waals surface area (Å²) in [6.45, 7) is 2.21. The molecule has 8 heteroatoms. The third kappa shape index (κ3) is 6.08. The fraction of sp³-hybridized carbons (Fsp3) is 0.625. The van der Waals surface area contributed by atoms with Gasteiger partial charge in [-0.25, -0.2) is 0 Å². The standard InChI is InChI=1S/C32H44N6O2/c39-29(37-31-21-9-1-3-13-25(21)35-27-15-7-11-23(27)31)19-33-17-5-6-18-34-20-30(40)38-32-22-10-2-4-14-26(22)36-28-16-8-12-24(28)32/h33-34H,1-20H2,(H,35,37,39)(H,36,38,40). The first-order valence-corrected chi connectivity index (χ1v) is 15.8. The number of fused-ring (bicyclic) bond motifs is 4. The molecule has 8 nitrogen and oxygen atoms in total. The number of aromatic nitrogens is 2. The molecule has 2 amide bonds. The monoisotopic (exact) mass is 544 g/mol. The lowest BCUT2D eigenvalue weighted by atomic mass is 9.92. The zero-order chi connectivity index (χ0) is 27.3. The summed E-state index contributed by atoms with van der Waals surface area (Å²) in [6, 6.07) is 0. The van der Waals surface area contributed by atoms with Gasteiger partial charge in [-0.15, -0.1) is 0 Å². The Labute approximate surface area is 237 Å². The van der Waals surface area contributed by atoms with Crippen molar-refractivity contribution in [1.29, 1.82) is 0 Å². The zero-order valence-corrected chi connectivity index (χ0v) is 23.9. The first-order valence-electron chi connectivity index (χ1n) is 15.8. The van der Waals surface area contributed by atoms with Gasteiger partial charge in [0.25, 0.3) is 0 Å². The van der Waals surface area contributed by atoms with Crippen LogP contribution in [0, 0.1) is 0 Å². The molecule has 0 unspecified atom stereocenters. The van der Waals surface area contributed by atoms with Crippen molar-refractivity contribution in [1.82, 2.24) is 20.6 Å². The highest BCUT2D eigenvalue weighted by molar-refractivity contribution is 5.95. The first-order chi connectivity index (χ1) is 19.7. The molecule has 4 N–H and O–H groups in total. The number of hydrogen-bond acceptors (Lipinski definition) is 6. The zero-order valence-electron chi connectivity index (χ0n) is 23.9. The van der Waals surface area contributed by atoms with E-state index in [0.717, 1.165) is 102 Å². The molecule has 0 spiro atoms. The number of aryl methyl sites for hydroxylation is 4. The minimum atomic E-state index is 0.0349. The van der Waals surface area contributed by atoms with E-state index in [-0.39, 0.29) is 11.8 Å². The number of unbranched alkanes of at least 4 members (excludes halogenated alkanes) is 1. The van der Waals surface area contributed by atoms with Gasteiger partial charge in [0, 0.05) is 22.8 Å². The molecule has 2 heterocycles. The number of nitrogens with zero attached hydrogens (tertiary/aromatic N) is 2. The molecular formula is C32H44N6O2. The van der Waals surface area contributed by atoms with Gasteiger partial charge in [0.15, 0.2) is 0 Å². The van der Waals surface area contributed by atoms with Gasteiger partial charge in [0.05, 0.1) is 24.5 Å². The average Bonchev–Trinajstić information content (AvgIpc) is 3.64. The molecule has 0 saturated carbocycles. The van der Waals surface area contributed by atoms with Crippen molar-refractivity contribution in [3.63, 3.8) is 0 Å². The normalized spacial score (nSPS) is 17.1. The molecule has 4 aliphatic carbocycles. The van der Waals surface area contributed by atoms with Crippen LogP contribution in [0.4, 0.5) is 11.4 Å². The van der Waals surface area contributed by atoms with Gasteiger partial charge in [0.2, 0.25) is 11.8 Å². The predicted octanol–water partition coefficient (Wildman–Crippen LogP) is 3.75. The Balaban J connectivity index is 0.895. The Morgan fingerprint density at radius 1 is 0.500 bits per heavy atom. The fourth-order valence-corrected chi connectivity index (χ4v) is 7.07. The first kappa shape index (κ1) is 27.3. The van der Waals surface area contributed by atoms with E-state index in [2.05, 4.69) is 21.3 Å². The lowest BCUT2D eigenvalue weighted by Crippen LogP contribution is -2.31.